The number of methoxy groups -OCH3 is 1. The maximum absolute atomic E-state index is 11.4. The van der Waals surface area contributed by atoms with Crippen molar-refractivity contribution in [1.29, 1.82) is 0 Å². The molecule has 104 valence electrons. The van der Waals surface area contributed by atoms with E-state index < -0.39 is 0 Å². The van der Waals surface area contributed by atoms with Gasteiger partial charge in [0.25, 0.3) is 0 Å². The molecule has 0 atom stereocenters. The third kappa shape index (κ3) is 4.21. The van der Waals surface area contributed by atoms with E-state index in [1.54, 1.807) is 19.1 Å². The third-order valence-electron chi connectivity index (χ3n) is 3.09. The number of carbonyl (C=O) groups excluding carboxylic acids is 1. The van der Waals surface area contributed by atoms with Gasteiger partial charge in [-0.2, -0.15) is 0 Å². The molecule has 0 unspecified atom stereocenters. The van der Waals surface area contributed by atoms with Gasteiger partial charge in [-0.1, -0.05) is 0 Å². The number of aryl methyl sites for hydroxylation is 1. The molecule has 5 heteroatoms. The Morgan fingerprint density at radius 1 is 1.47 bits per heavy atom. The van der Waals surface area contributed by atoms with Crippen LogP contribution in [0.4, 0.5) is 5.82 Å². The number of anilines is 1. The number of carbonyl (C=O) groups is 1. The molecule has 1 aliphatic rings. The number of pyridine rings is 1. The molecule has 0 bridgehead atoms. The SMILES string of the molecule is COC(=O)c1ccc(NCCOCC2CC2)nc1C. The Hall–Kier alpha value is -1.62. The van der Waals surface area contributed by atoms with E-state index >= 15 is 0 Å². The quantitative estimate of drug-likeness (QED) is 0.603. The van der Waals surface area contributed by atoms with Crippen LogP contribution in [0, 0.1) is 12.8 Å². The Kier molecular flexibility index (Phi) is 4.74. The highest BCUT2D eigenvalue weighted by Crippen LogP contribution is 2.28. The smallest absolute Gasteiger partial charge is 0.339 e. The Balaban J connectivity index is 1.76. The molecule has 1 aliphatic carbocycles. The number of nitrogens with zero attached hydrogens (tertiary/aromatic N) is 1. The second-order valence-corrected chi connectivity index (χ2v) is 4.77. The van der Waals surface area contributed by atoms with Gasteiger partial charge in [0.05, 0.1) is 25.0 Å². The fourth-order valence-corrected chi connectivity index (χ4v) is 1.77. The summed E-state index contributed by atoms with van der Waals surface area (Å²) in [6.07, 6.45) is 2.62. The predicted molar refractivity (Wildman–Crippen MR) is 72.3 cm³/mol. The van der Waals surface area contributed by atoms with E-state index in [1.807, 2.05) is 0 Å². The first kappa shape index (κ1) is 13.8. The maximum Gasteiger partial charge on any atom is 0.339 e. The normalized spacial score (nSPS) is 14.2. The molecule has 5 nitrogen and oxygen atoms in total. The summed E-state index contributed by atoms with van der Waals surface area (Å²) >= 11 is 0. The minimum Gasteiger partial charge on any atom is -0.465 e. The second kappa shape index (κ2) is 6.52. The number of hydrogen-bond donors (Lipinski definition) is 1. The van der Waals surface area contributed by atoms with Crippen LogP contribution in [0.15, 0.2) is 12.1 Å². The van der Waals surface area contributed by atoms with Crippen LogP contribution in [0.25, 0.3) is 0 Å². The van der Waals surface area contributed by atoms with Crippen LogP contribution in [0.5, 0.6) is 0 Å². The summed E-state index contributed by atoms with van der Waals surface area (Å²) < 4.78 is 10.2. The minimum atomic E-state index is -0.357. The number of ether oxygens (including phenoxy) is 2. The van der Waals surface area contributed by atoms with Crippen LogP contribution in [0.3, 0.4) is 0 Å². The van der Waals surface area contributed by atoms with Crippen LogP contribution in [0.1, 0.15) is 28.9 Å². The standard InChI is InChI=1S/C14H20N2O3/c1-10-12(14(17)18-2)5-6-13(16-10)15-7-8-19-9-11-3-4-11/h5-6,11H,3-4,7-9H2,1-2H3,(H,15,16). The summed E-state index contributed by atoms with van der Waals surface area (Å²) in [4.78, 5) is 15.7. The molecule has 0 amide bonds. The Labute approximate surface area is 113 Å². The molecule has 19 heavy (non-hydrogen) atoms. The summed E-state index contributed by atoms with van der Waals surface area (Å²) in [5.74, 6) is 1.18. The lowest BCUT2D eigenvalue weighted by atomic mass is 10.2. The monoisotopic (exact) mass is 264 g/mol. The molecule has 0 aromatic carbocycles. The van der Waals surface area contributed by atoms with E-state index in [2.05, 4.69) is 15.0 Å². The first-order valence-electron chi connectivity index (χ1n) is 6.58. The van der Waals surface area contributed by atoms with Gasteiger partial charge in [0.15, 0.2) is 0 Å². The van der Waals surface area contributed by atoms with Crippen molar-refractivity contribution in [2.24, 2.45) is 5.92 Å². The van der Waals surface area contributed by atoms with Crippen LogP contribution in [0.2, 0.25) is 0 Å². The lowest BCUT2D eigenvalue weighted by molar-refractivity contribution is 0.0599. The number of hydrogen-bond acceptors (Lipinski definition) is 5. The molecule has 1 heterocycles. The Morgan fingerprint density at radius 2 is 2.26 bits per heavy atom. The van der Waals surface area contributed by atoms with Crippen molar-refractivity contribution in [1.82, 2.24) is 4.98 Å². The third-order valence-corrected chi connectivity index (χ3v) is 3.09. The van der Waals surface area contributed by atoms with Gasteiger partial charge in [-0.05, 0) is 37.8 Å². The summed E-state index contributed by atoms with van der Waals surface area (Å²) in [6.45, 7) is 4.06. The summed E-state index contributed by atoms with van der Waals surface area (Å²) in [5.41, 5.74) is 1.16. The van der Waals surface area contributed by atoms with Crippen LogP contribution in [-0.4, -0.2) is 37.8 Å². The van der Waals surface area contributed by atoms with Crippen LogP contribution >= 0.6 is 0 Å². The van der Waals surface area contributed by atoms with Crippen molar-refractivity contribution in [2.45, 2.75) is 19.8 Å². The van der Waals surface area contributed by atoms with Crippen LogP contribution in [-0.2, 0) is 9.47 Å². The van der Waals surface area contributed by atoms with Crippen molar-refractivity contribution in [3.63, 3.8) is 0 Å². The van der Waals surface area contributed by atoms with E-state index in [9.17, 15) is 4.79 Å². The molecule has 0 spiro atoms. The first-order valence-corrected chi connectivity index (χ1v) is 6.58. The van der Waals surface area contributed by atoms with Crippen LogP contribution < -0.4 is 5.32 Å². The zero-order valence-electron chi connectivity index (χ0n) is 11.4. The van der Waals surface area contributed by atoms with Gasteiger partial charge >= 0.3 is 5.97 Å². The summed E-state index contributed by atoms with van der Waals surface area (Å²) in [7, 11) is 1.37. The average molecular weight is 264 g/mol. The number of aromatic nitrogens is 1. The zero-order valence-corrected chi connectivity index (χ0v) is 11.4. The fraction of sp³-hybridized carbons (Fsp3) is 0.571. The van der Waals surface area contributed by atoms with E-state index in [-0.39, 0.29) is 5.97 Å². The topological polar surface area (TPSA) is 60.5 Å². The van der Waals surface area contributed by atoms with Gasteiger partial charge in [0.1, 0.15) is 5.82 Å². The highest BCUT2D eigenvalue weighted by atomic mass is 16.5. The molecule has 0 saturated heterocycles. The largest absolute Gasteiger partial charge is 0.465 e. The van der Waals surface area contributed by atoms with Gasteiger partial charge in [0, 0.05) is 13.2 Å². The number of esters is 1. The summed E-state index contributed by atoms with van der Waals surface area (Å²) in [5, 5.41) is 3.18. The lowest BCUT2D eigenvalue weighted by Gasteiger charge is -2.09. The highest BCUT2D eigenvalue weighted by Gasteiger charge is 2.20. The Bertz CT molecular complexity index is 444. The van der Waals surface area contributed by atoms with Crippen molar-refractivity contribution in [3.05, 3.63) is 23.4 Å². The average Bonchev–Trinajstić information content (AvgIpc) is 3.22. The van der Waals surface area contributed by atoms with Gasteiger partial charge < -0.3 is 14.8 Å². The highest BCUT2D eigenvalue weighted by molar-refractivity contribution is 5.90. The number of rotatable bonds is 7. The van der Waals surface area contributed by atoms with Gasteiger partial charge in [-0.25, -0.2) is 9.78 Å². The predicted octanol–water partition coefficient (Wildman–Crippen LogP) is 2.02. The molecular formula is C14H20N2O3. The first-order chi connectivity index (χ1) is 9.20. The van der Waals surface area contributed by atoms with E-state index in [4.69, 9.17) is 4.74 Å². The van der Waals surface area contributed by atoms with Crippen molar-refractivity contribution < 1.29 is 14.3 Å². The molecule has 1 aromatic rings. The molecule has 0 radical (unpaired) electrons. The lowest BCUT2D eigenvalue weighted by Crippen LogP contribution is -2.13. The van der Waals surface area contributed by atoms with Gasteiger partial charge in [-0.3, -0.25) is 0 Å². The van der Waals surface area contributed by atoms with Gasteiger partial charge in [0.2, 0.25) is 0 Å². The summed E-state index contributed by atoms with van der Waals surface area (Å²) in [6, 6.07) is 3.50. The Morgan fingerprint density at radius 3 is 2.89 bits per heavy atom. The van der Waals surface area contributed by atoms with E-state index in [1.165, 1.54) is 20.0 Å². The van der Waals surface area contributed by atoms with Crippen molar-refractivity contribution >= 4 is 11.8 Å². The van der Waals surface area contributed by atoms with E-state index in [0.29, 0.717) is 17.9 Å². The van der Waals surface area contributed by atoms with Crippen molar-refractivity contribution in [3.8, 4) is 0 Å². The number of nitrogens with one attached hydrogen (secondary N) is 1. The zero-order chi connectivity index (χ0) is 13.7. The van der Waals surface area contributed by atoms with E-state index in [0.717, 1.165) is 24.9 Å². The molecule has 2 rings (SSSR count). The maximum atomic E-state index is 11.4. The van der Waals surface area contributed by atoms with Crippen molar-refractivity contribution in [2.75, 3.05) is 32.2 Å². The fourth-order valence-electron chi connectivity index (χ4n) is 1.77. The molecule has 1 fully saturated rings. The molecule has 0 aliphatic heterocycles. The second-order valence-electron chi connectivity index (χ2n) is 4.77. The molecule has 1 saturated carbocycles. The minimum absolute atomic E-state index is 0.357. The molecule has 1 aromatic heterocycles. The molecular weight excluding hydrogens is 244 g/mol. The van der Waals surface area contributed by atoms with Gasteiger partial charge in [-0.15, -0.1) is 0 Å². The molecule has 1 N–H and O–H groups in total.